The summed E-state index contributed by atoms with van der Waals surface area (Å²) in [5.74, 6) is 0. The van der Waals surface area contributed by atoms with Crippen LogP contribution < -0.4 is 0 Å². The molecule has 274 valence electrons. The molecule has 0 aromatic rings. The van der Waals surface area contributed by atoms with E-state index >= 15 is 0 Å². The Labute approximate surface area is 329 Å². The van der Waals surface area contributed by atoms with Crippen molar-refractivity contribution in [1.29, 1.82) is 21.0 Å². The van der Waals surface area contributed by atoms with E-state index in [1.54, 1.807) is 24.3 Å². The van der Waals surface area contributed by atoms with Gasteiger partial charge in [0, 0.05) is 176 Å². The third kappa shape index (κ3) is 7910. The molecule has 0 atom stereocenters. The first-order valence-electron chi connectivity index (χ1n) is 2.89. The van der Waals surface area contributed by atoms with Gasteiger partial charge in [-0.05, 0) is 0 Å². The summed E-state index contributed by atoms with van der Waals surface area (Å²) < 4.78 is 0. The summed E-state index contributed by atoms with van der Waals surface area (Å²) in [6.45, 7) is 5.72. The molecule has 0 bridgehead atoms. The molecule has 13 heteroatoms. The zero-order valence-corrected chi connectivity index (χ0v) is 19.5. The van der Waals surface area contributed by atoms with Gasteiger partial charge in [-0.15, -0.1) is 0 Å². The normalized spacial score (nSPS) is 0.889. The quantitative estimate of drug-likeness (QED) is 0.226. The maximum atomic E-state index is 7.32. The molecule has 0 aromatic carbocycles. The number of nitrogens with zero attached hydrogens (tertiary/aromatic N) is 4. The molecule has 0 radical (unpaired) electrons. The third-order valence-electron chi connectivity index (χ3n) is 0. The van der Waals surface area contributed by atoms with Gasteiger partial charge in [0.2, 0.25) is 0 Å². The topological polar surface area (TPSA) is 95.2 Å². The first kappa shape index (κ1) is 497. The standard InChI is InChI=1S/4C2H3N.15CH4.9Ni/c4*1-2-3;;;;;;;;;;;;;;;;;;;;;;;;/h4*1H3;15*1H4;;;;;;;;;. The van der Waals surface area contributed by atoms with Gasteiger partial charge in [-0.3, -0.25) is 0 Å². The molecule has 0 amide bonds. The Bertz CT molecular complexity index is 180. The maximum Gasteiger partial charge on any atom is 0.0587 e. The fourth-order valence-corrected chi connectivity index (χ4v) is 0. The predicted octanol–water partition coefficient (Wildman–Crippen LogP) is 11.6. The summed E-state index contributed by atoms with van der Waals surface area (Å²) in [5, 5.41) is 29.3. The van der Waals surface area contributed by atoms with Crippen LogP contribution in [0.2, 0.25) is 0 Å². The molecule has 4 nitrogen and oxygen atoms in total. The van der Waals surface area contributed by atoms with E-state index in [1.807, 2.05) is 0 Å². The molecule has 0 aliphatic rings. The van der Waals surface area contributed by atoms with Crippen molar-refractivity contribution in [2.45, 2.75) is 139 Å². The Balaban J connectivity index is -0.000000000746. The van der Waals surface area contributed by atoms with Crippen LogP contribution in [-0.2, 0) is 148 Å². The van der Waals surface area contributed by atoms with Crippen LogP contribution in [-0.4, -0.2) is 0 Å². The van der Waals surface area contributed by atoms with E-state index in [0.29, 0.717) is 0 Å². The van der Waals surface area contributed by atoms with Gasteiger partial charge in [-0.2, -0.15) is 21.0 Å². The Morgan fingerprint density at radius 1 is 0.222 bits per heavy atom. The molecule has 0 fully saturated rings. The molecule has 0 rings (SSSR count). The summed E-state index contributed by atoms with van der Waals surface area (Å²) >= 11 is 0. The Hall–Kier alpha value is 2.40. The molecular weight excluding hydrogens is 861 g/mol. The Morgan fingerprint density at radius 2 is 0.222 bits per heavy atom. The van der Waals surface area contributed by atoms with Gasteiger partial charge in [-0.25, -0.2) is 0 Å². The molecule has 0 saturated carbocycles. The largest absolute Gasteiger partial charge is 0.199 e. The van der Waals surface area contributed by atoms with Crippen molar-refractivity contribution >= 4 is 0 Å². The first-order valence-corrected chi connectivity index (χ1v) is 2.89. The predicted molar refractivity (Wildman–Crippen MR) is 146 cm³/mol. The summed E-state index contributed by atoms with van der Waals surface area (Å²) in [6.07, 6.45) is 0. The van der Waals surface area contributed by atoms with Gasteiger partial charge in [0.15, 0.2) is 0 Å². The van der Waals surface area contributed by atoms with Gasteiger partial charge in [0.05, 0.1) is 24.3 Å². The molecular formula is C23H72N4Ni9. The van der Waals surface area contributed by atoms with Gasteiger partial charge in [0.1, 0.15) is 0 Å². The molecule has 36 heavy (non-hydrogen) atoms. The second kappa shape index (κ2) is 1210. The second-order valence-electron chi connectivity index (χ2n) is 0.894. The fourth-order valence-electron chi connectivity index (χ4n) is 0. The Morgan fingerprint density at radius 3 is 0.222 bits per heavy atom. The monoisotopic (exact) mass is 926 g/mol. The van der Waals surface area contributed by atoms with Crippen LogP contribution in [0.1, 0.15) is 139 Å². The molecule has 0 spiro atoms. The van der Waals surface area contributed by atoms with Gasteiger partial charge >= 0.3 is 0 Å². The minimum Gasteiger partial charge on any atom is -0.199 e. The van der Waals surface area contributed by atoms with Gasteiger partial charge < -0.3 is 0 Å². The van der Waals surface area contributed by atoms with Gasteiger partial charge in [-0.1, -0.05) is 111 Å². The van der Waals surface area contributed by atoms with Crippen molar-refractivity contribution in [2.75, 3.05) is 0 Å². The van der Waals surface area contributed by atoms with Crippen molar-refractivity contribution in [3.8, 4) is 24.3 Å². The van der Waals surface area contributed by atoms with Crippen LogP contribution in [0.15, 0.2) is 0 Å². The summed E-state index contributed by atoms with van der Waals surface area (Å²) in [5.41, 5.74) is 0. The van der Waals surface area contributed by atoms with Crippen LogP contribution in [0.5, 0.6) is 0 Å². The molecule has 0 heterocycles. The average molecular weight is 933 g/mol. The van der Waals surface area contributed by atoms with E-state index in [-0.39, 0.29) is 260 Å². The zero-order chi connectivity index (χ0) is 10.8. The minimum absolute atomic E-state index is 0. The van der Waals surface area contributed by atoms with Crippen LogP contribution in [0.4, 0.5) is 0 Å². The SMILES string of the molecule is C.C.C.C.C.C.C.C.C.C.C.C.C.C.C.CC#N.CC#N.CC#N.CC#N.[Ni].[Ni].[Ni].[Ni].[Ni].[Ni].[Ni].[Ni].[Ni]. The number of rotatable bonds is 0. The first-order chi connectivity index (χ1) is 5.66. The van der Waals surface area contributed by atoms with Crippen molar-refractivity contribution in [3.05, 3.63) is 0 Å². The Kier molecular flexibility index (Phi) is 16700. The van der Waals surface area contributed by atoms with Crippen LogP contribution >= 0.6 is 0 Å². The van der Waals surface area contributed by atoms with E-state index in [4.69, 9.17) is 21.0 Å². The third-order valence-corrected chi connectivity index (χ3v) is 0. The molecule has 0 aromatic heterocycles. The summed E-state index contributed by atoms with van der Waals surface area (Å²) in [4.78, 5) is 0. The summed E-state index contributed by atoms with van der Waals surface area (Å²) in [7, 11) is 0. The van der Waals surface area contributed by atoms with Crippen LogP contribution in [0.25, 0.3) is 0 Å². The molecule has 0 unspecified atom stereocenters. The molecule has 0 aliphatic carbocycles. The van der Waals surface area contributed by atoms with E-state index < -0.39 is 0 Å². The van der Waals surface area contributed by atoms with Crippen molar-refractivity contribution < 1.29 is 148 Å². The fraction of sp³-hybridized carbons (Fsp3) is 0.826. The number of hydrogen-bond donors (Lipinski definition) is 0. The van der Waals surface area contributed by atoms with Crippen LogP contribution in [0, 0.1) is 45.3 Å². The number of nitriles is 4. The maximum absolute atomic E-state index is 7.32. The minimum atomic E-state index is 0. The molecule has 0 N–H and O–H groups in total. The van der Waals surface area contributed by atoms with Crippen molar-refractivity contribution in [1.82, 2.24) is 0 Å². The smallest absolute Gasteiger partial charge is 0.0587 e. The van der Waals surface area contributed by atoms with E-state index in [9.17, 15) is 0 Å². The van der Waals surface area contributed by atoms with E-state index in [1.165, 1.54) is 27.7 Å². The average Bonchev–Trinajstić information content (AvgIpc) is 1.92. The van der Waals surface area contributed by atoms with Crippen LogP contribution in [0.3, 0.4) is 0 Å². The number of hydrogen-bond acceptors (Lipinski definition) is 4. The van der Waals surface area contributed by atoms with Crippen molar-refractivity contribution in [3.63, 3.8) is 0 Å². The van der Waals surface area contributed by atoms with E-state index in [2.05, 4.69) is 0 Å². The van der Waals surface area contributed by atoms with Crippen molar-refractivity contribution in [2.24, 2.45) is 0 Å². The molecule has 0 saturated heterocycles. The second-order valence-corrected chi connectivity index (χ2v) is 0.894. The van der Waals surface area contributed by atoms with E-state index in [0.717, 1.165) is 0 Å². The molecule has 0 aliphatic heterocycles. The summed E-state index contributed by atoms with van der Waals surface area (Å²) in [6, 6.07) is 7.00. The van der Waals surface area contributed by atoms with Gasteiger partial charge in [0.25, 0.3) is 0 Å². The zero-order valence-electron chi connectivity index (χ0n) is 10.6.